The quantitative estimate of drug-likeness (QED) is 0.567. The number of Topliss-reactive ketones (excluding diaryl/α,β-unsaturated/α-hetero) is 1. The molecule has 0 unspecified atom stereocenters. The molecule has 1 aliphatic heterocycles. The molecule has 3 heterocycles. The van der Waals surface area contributed by atoms with E-state index < -0.39 is 0 Å². The summed E-state index contributed by atoms with van der Waals surface area (Å²) in [7, 11) is 0. The van der Waals surface area contributed by atoms with E-state index >= 15 is 0 Å². The average molecular weight is 445 g/mol. The van der Waals surface area contributed by atoms with Crippen LogP contribution in [-0.2, 0) is 0 Å². The topological polar surface area (TPSA) is 66.5 Å². The summed E-state index contributed by atoms with van der Waals surface area (Å²) in [6.45, 7) is 2.34. The van der Waals surface area contributed by atoms with Gasteiger partial charge in [-0.3, -0.25) is 14.4 Å². The van der Waals surface area contributed by atoms with Crippen LogP contribution in [0.1, 0.15) is 48.1 Å². The van der Waals surface area contributed by atoms with Gasteiger partial charge in [0, 0.05) is 18.7 Å². The van der Waals surface area contributed by atoms with Gasteiger partial charge in [0.25, 0.3) is 11.8 Å². The fourth-order valence-corrected chi connectivity index (χ4v) is 5.22. The van der Waals surface area contributed by atoms with E-state index in [1.807, 2.05) is 23.8 Å². The summed E-state index contributed by atoms with van der Waals surface area (Å²) in [5, 5.41) is 6.76. The number of aryl methyl sites for hydroxylation is 1. The highest BCUT2D eigenvalue weighted by Gasteiger charge is 2.28. The van der Waals surface area contributed by atoms with Crippen LogP contribution in [0.2, 0.25) is 5.02 Å². The highest BCUT2D eigenvalue weighted by molar-refractivity contribution is 7.13. The molecule has 0 saturated heterocycles. The standard InChI is InChI=1S/C21H17ClN2O3S2/c1-12-6-9-28-18(12)20(26)23-13-4-5-14(15(22)11-13)21(27)24-8-2-3-17(25)19-16(24)7-10-29-19/h4-7,9-11H,2-3,8H2,1H3,(H,23,26). The SMILES string of the molecule is Cc1ccsc1C(=O)Nc1ccc(C(=O)N2CCCC(=O)c3sccc32)c(Cl)c1. The summed E-state index contributed by atoms with van der Waals surface area (Å²) in [5.74, 6) is -0.392. The number of benzene rings is 1. The van der Waals surface area contributed by atoms with Gasteiger partial charge in [-0.1, -0.05) is 11.6 Å². The average Bonchev–Trinajstić information content (AvgIpc) is 3.31. The molecule has 29 heavy (non-hydrogen) atoms. The first-order valence-electron chi connectivity index (χ1n) is 9.03. The number of rotatable bonds is 3. The Kier molecular flexibility index (Phi) is 5.54. The van der Waals surface area contributed by atoms with Crippen LogP contribution < -0.4 is 10.2 Å². The number of hydrogen-bond donors (Lipinski definition) is 1. The van der Waals surface area contributed by atoms with Gasteiger partial charge >= 0.3 is 0 Å². The Morgan fingerprint density at radius 3 is 2.66 bits per heavy atom. The molecule has 0 radical (unpaired) electrons. The molecule has 0 fully saturated rings. The van der Waals surface area contributed by atoms with Gasteiger partial charge in [-0.05, 0) is 60.0 Å². The maximum absolute atomic E-state index is 13.2. The van der Waals surface area contributed by atoms with E-state index in [-0.39, 0.29) is 22.6 Å². The number of ketones is 1. The molecule has 8 heteroatoms. The van der Waals surface area contributed by atoms with Gasteiger partial charge in [0.1, 0.15) is 0 Å². The van der Waals surface area contributed by atoms with Crippen molar-refractivity contribution in [3.8, 4) is 0 Å². The molecule has 1 aliphatic rings. The van der Waals surface area contributed by atoms with Crippen molar-refractivity contribution < 1.29 is 14.4 Å². The Morgan fingerprint density at radius 1 is 1.14 bits per heavy atom. The Bertz CT molecular complexity index is 1120. The Balaban J connectivity index is 1.58. The van der Waals surface area contributed by atoms with Crippen LogP contribution in [0.3, 0.4) is 0 Å². The van der Waals surface area contributed by atoms with E-state index in [0.717, 1.165) is 5.56 Å². The van der Waals surface area contributed by atoms with Gasteiger partial charge < -0.3 is 10.2 Å². The lowest BCUT2D eigenvalue weighted by Gasteiger charge is -2.21. The molecule has 0 saturated carbocycles. The summed E-state index contributed by atoms with van der Waals surface area (Å²) in [5.41, 5.74) is 2.41. The zero-order chi connectivity index (χ0) is 20.5. The van der Waals surface area contributed by atoms with E-state index in [9.17, 15) is 14.4 Å². The van der Waals surface area contributed by atoms with Crippen molar-refractivity contribution in [2.75, 3.05) is 16.8 Å². The van der Waals surface area contributed by atoms with Crippen molar-refractivity contribution in [1.82, 2.24) is 0 Å². The lowest BCUT2D eigenvalue weighted by atomic mass is 10.1. The van der Waals surface area contributed by atoms with Gasteiger partial charge in [0.2, 0.25) is 0 Å². The van der Waals surface area contributed by atoms with Gasteiger partial charge in [0.05, 0.1) is 26.0 Å². The summed E-state index contributed by atoms with van der Waals surface area (Å²) >= 11 is 9.12. The number of halogens is 1. The maximum atomic E-state index is 13.2. The molecule has 4 rings (SSSR count). The Hall–Kier alpha value is -2.48. The molecule has 2 aromatic heterocycles. The molecular formula is C21H17ClN2O3S2. The second-order valence-corrected chi connectivity index (χ2v) is 8.94. The van der Waals surface area contributed by atoms with Crippen LogP contribution in [0.25, 0.3) is 0 Å². The lowest BCUT2D eigenvalue weighted by molar-refractivity contribution is 0.0975. The molecule has 5 nitrogen and oxygen atoms in total. The third-order valence-corrected chi connectivity index (χ3v) is 7.02. The number of anilines is 2. The van der Waals surface area contributed by atoms with Crippen molar-refractivity contribution in [2.45, 2.75) is 19.8 Å². The number of nitrogens with zero attached hydrogens (tertiary/aromatic N) is 1. The summed E-state index contributed by atoms with van der Waals surface area (Å²) < 4.78 is 0. The Morgan fingerprint density at radius 2 is 1.93 bits per heavy atom. The van der Waals surface area contributed by atoms with Gasteiger partial charge in [-0.2, -0.15) is 0 Å². The maximum Gasteiger partial charge on any atom is 0.265 e. The Labute approximate surface area is 180 Å². The largest absolute Gasteiger partial charge is 0.321 e. The first-order valence-corrected chi connectivity index (χ1v) is 11.2. The number of carbonyl (C=O) groups excluding carboxylic acids is 3. The van der Waals surface area contributed by atoms with E-state index in [4.69, 9.17) is 11.6 Å². The predicted molar refractivity (Wildman–Crippen MR) is 118 cm³/mol. The monoisotopic (exact) mass is 444 g/mol. The van der Waals surface area contributed by atoms with Crippen molar-refractivity contribution >= 4 is 63.2 Å². The third-order valence-electron chi connectivity index (χ3n) is 4.74. The number of hydrogen-bond acceptors (Lipinski definition) is 5. The first kappa shape index (κ1) is 19.8. The van der Waals surface area contributed by atoms with Gasteiger partial charge in [-0.15, -0.1) is 22.7 Å². The normalized spacial score (nSPS) is 13.7. The van der Waals surface area contributed by atoms with Crippen molar-refractivity contribution in [1.29, 1.82) is 0 Å². The van der Waals surface area contributed by atoms with E-state index in [1.54, 1.807) is 29.2 Å². The second-order valence-electron chi connectivity index (χ2n) is 6.70. The number of fused-ring (bicyclic) bond motifs is 1. The van der Waals surface area contributed by atoms with Crippen LogP contribution in [-0.4, -0.2) is 24.1 Å². The minimum Gasteiger partial charge on any atom is -0.321 e. The second kappa shape index (κ2) is 8.10. The number of carbonyl (C=O) groups is 3. The molecule has 1 N–H and O–H groups in total. The van der Waals surface area contributed by atoms with E-state index in [0.29, 0.717) is 46.1 Å². The summed E-state index contributed by atoms with van der Waals surface area (Å²) in [6.07, 6.45) is 1.04. The molecule has 148 valence electrons. The van der Waals surface area contributed by atoms with E-state index in [2.05, 4.69) is 5.32 Å². The zero-order valence-electron chi connectivity index (χ0n) is 15.5. The molecule has 0 aliphatic carbocycles. The van der Waals surface area contributed by atoms with Crippen molar-refractivity contribution in [2.24, 2.45) is 0 Å². The first-order chi connectivity index (χ1) is 14.0. The molecular weight excluding hydrogens is 428 g/mol. The molecule has 0 atom stereocenters. The minimum atomic E-state index is -0.253. The third kappa shape index (κ3) is 3.85. The van der Waals surface area contributed by atoms with Crippen LogP contribution in [0.15, 0.2) is 41.1 Å². The van der Waals surface area contributed by atoms with Crippen molar-refractivity contribution in [3.63, 3.8) is 0 Å². The van der Waals surface area contributed by atoms with Crippen LogP contribution in [0.5, 0.6) is 0 Å². The number of thiophene rings is 2. The highest BCUT2D eigenvalue weighted by Crippen LogP contribution is 2.33. The van der Waals surface area contributed by atoms with Crippen LogP contribution >= 0.6 is 34.3 Å². The molecule has 3 aromatic rings. The lowest BCUT2D eigenvalue weighted by Crippen LogP contribution is -2.31. The van der Waals surface area contributed by atoms with Gasteiger partial charge in [0.15, 0.2) is 5.78 Å². The number of amides is 2. The zero-order valence-corrected chi connectivity index (χ0v) is 17.9. The molecule has 0 bridgehead atoms. The fourth-order valence-electron chi connectivity index (χ4n) is 3.27. The van der Waals surface area contributed by atoms with Crippen LogP contribution in [0, 0.1) is 6.92 Å². The molecule has 2 amide bonds. The summed E-state index contributed by atoms with van der Waals surface area (Å²) in [6, 6.07) is 8.54. The van der Waals surface area contributed by atoms with Gasteiger partial charge in [-0.25, -0.2) is 0 Å². The predicted octanol–water partition coefficient (Wildman–Crippen LogP) is 5.65. The summed E-state index contributed by atoms with van der Waals surface area (Å²) in [4.78, 5) is 40.6. The fraction of sp³-hybridized carbons (Fsp3) is 0.190. The molecule has 1 aromatic carbocycles. The smallest absolute Gasteiger partial charge is 0.265 e. The highest BCUT2D eigenvalue weighted by atomic mass is 35.5. The van der Waals surface area contributed by atoms with Crippen molar-refractivity contribution in [3.05, 3.63) is 67.0 Å². The number of nitrogens with one attached hydrogen (secondary N) is 1. The van der Waals surface area contributed by atoms with E-state index in [1.165, 1.54) is 22.7 Å². The van der Waals surface area contributed by atoms with Crippen LogP contribution in [0.4, 0.5) is 11.4 Å². The minimum absolute atomic E-state index is 0.0679. The molecule has 0 spiro atoms.